The Balaban J connectivity index is 3.08. The van der Waals surface area contributed by atoms with Crippen LogP contribution in [-0.4, -0.2) is 13.1 Å². The number of nitrogens with two attached hydrogens (primary N) is 1. The normalized spacial score (nSPS) is 11.6. The number of methoxy groups -OCH3 is 1. The van der Waals surface area contributed by atoms with Gasteiger partial charge in [0.25, 0.3) is 0 Å². The van der Waals surface area contributed by atoms with E-state index in [4.69, 9.17) is 11.0 Å². The molecule has 0 heterocycles. The van der Waals surface area contributed by atoms with Crippen LogP contribution in [0.4, 0.5) is 5.69 Å². The van der Waals surface area contributed by atoms with Crippen LogP contribution in [0, 0.1) is 11.3 Å². The summed E-state index contributed by atoms with van der Waals surface area (Å²) in [5.74, 6) is -0.366. The van der Waals surface area contributed by atoms with Crippen LogP contribution in [-0.2, 0) is 4.74 Å². The number of anilines is 1. The molecule has 84 valence electrons. The first-order valence-corrected chi connectivity index (χ1v) is 4.94. The van der Waals surface area contributed by atoms with Crippen LogP contribution >= 0.6 is 0 Å². The second kappa shape index (κ2) is 5.17. The largest absolute Gasteiger partial charge is 0.465 e. The third-order valence-electron chi connectivity index (χ3n) is 2.37. The number of esters is 1. The number of carbonyl (C=O) groups is 1. The zero-order valence-electron chi connectivity index (χ0n) is 9.36. The predicted octanol–water partition coefficient (Wildman–Crippen LogP) is 2.07. The number of nitriles is 1. The highest BCUT2D eigenvalue weighted by Gasteiger charge is 2.11. The van der Waals surface area contributed by atoms with Gasteiger partial charge in [0.1, 0.15) is 0 Å². The lowest BCUT2D eigenvalue weighted by Crippen LogP contribution is -2.04. The van der Waals surface area contributed by atoms with Gasteiger partial charge >= 0.3 is 5.97 Å². The quantitative estimate of drug-likeness (QED) is 0.622. The minimum Gasteiger partial charge on any atom is -0.465 e. The summed E-state index contributed by atoms with van der Waals surface area (Å²) in [7, 11) is 1.32. The molecular weight excluding hydrogens is 204 g/mol. The summed E-state index contributed by atoms with van der Waals surface area (Å²) in [5.41, 5.74) is 7.49. The number of rotatable bonds is 3. The van der Waals surface area contributed by atoms with Gasteiger partial charge < -0.3 is 10.5 Å². The van der Waals surface area contributed by atoms with Crippen molar-refractivity contribution in [2.24, 2.45) is 0 Å². The SMILES string of the molecule is COC(=O)c1cc(N)cc(C(C)CC#N)c1. The van der Waals surface area contributed by atoms with Crippen molar-refractivity contribution in [2.45, 2.75) is 19.3 Å². The molecule has 1 aromatic rings. The van der Waals surface area contributed by atoms with Crippen molar-refractivity contribution >= 4 is 11.7 Å². The van der Waals surface area contributed by atoms with Gasteiger partial charge in [-0.15, -0.1) is 0 Å². The van der Waals surface area contributed by atoms with Gasteiger partial charge in [0, 0.05) is 12.1 Å². The van der Waals surface area contributed by atoms with Gasteiger partial charge in [-0.05, 0) is 29.7 Å². The van der Waals surface area contributed by atoms with Crippen LogP contribution in [0.2, 0.25) is 0 Å². The Bertz CT molecular complexity index is 435. The Morgan fingerprint density at radius 2 is 2.25 bits per heavy atom. The zero-order valence-corrected chi connectivity index (χ0v) is 9.36. The van der Waals surface area contributed by atoms with Crippen molar-refractivity contribution in [3.05, 3.63) is 29.3 Å². The second-order valence-corrected chi connectivity index (χ2v) is 3.64. The molecule has 4 nitrogen and oxygen atoms in total. The van der Waals surface area contributed by atoms with Crippen LogP contribution < -0.4 is 5.73 Å². The van der Waals surface area contributed by atoms with Gasteiger partial charge in [-0.25, -0.2) is 4.79 Å². The van der Waals surface area contributed by atoms with E-state index >= 15 is 0 Å². The Kier molecular flexibility index (Phi) is 3.90. The van der Waals surface area contributed by atoms with E-state index in [1.807, 2.05) is 6.92 Å². The molecule has 0 saturated carbocycles. The number of hydrogen-bond acceptors (Lipinski definition) is 4. The van der Waals surface area contributed by atoms with Gasteiger partial charge in [0.05, 0.1) is 18.7 Å². The van der Waals surface area contributed by atoms with Crippen LogP contribution in [0.5, 0.6) is 0 Å². The lowest BCUT2D eigenvalue weighted by Gasteiger charge is -2.10. The Hall–Kier alpha value is -2.02. The lowest BCUT2D eigenvalue weighted by molar-refractivity contribution is 0.0600. The monoisotopic (exact) mass is 218 g/mol. The molecule has 0 bridgehead atoms. The summed E-state index contributed by atoms with van der Waals surface area (Å²) in [5, 5.41) is 8.62. The smallest absolute Gasteiger partial charge is 0.337 e. The molecule has 1 unspecified atom stereocenters. The molecule has 1 rings (SSSR count). The Labute approximate surface area is 94.6 Å². The molecule has 0 saturated heterocycles. The summed E-state index contributed by atoms with van der Waals surface area (Å²) < 4.78 is 4.63. The van der Waals surface area contributed by atoms with Crippen molar-refractivity contribution in [2.75, 3.05) is 12.8 Å². The molecule has 0 fully saturated rings. The number of nitrogen functional groups attached to an aromatic ring is 1. The van der Waals surface area contributed by atoms with E-state index in [2.05, 4.69) is 10.8 Å². The third-order valence-corrected chi connectivity index (χ3v) is 2.37. The first kappa shape index (κ1) is 12.1. The van der Waals surface area contributed by atoms with E-state index in [1.54, 1.807) is 18.2 Å². The molecular formula is C12H14N2O2. The average Bonchev–Trinajstić information content (AvgIpc) is 2.27. The minimum atomic E-state index is -0.419. The maximum atomic E-state index is 11.4. The number of benzene rings is 1. The van der Waals surface area contributed by atoms with E-state index in [-0.39, 0.29) is 5.92 Å². The summed E-state index contributed by atoms with van der Waals surface area (Å²) in [6.45, 7) is 1.92. The molecule has 0 spiro atoms. The molecule has 1 atom stereocenters. The van der Waals surface area contributed by atoms with E-state index in [1.165, 1.54) is 7.11 Å². The molecule has 0 aliphatic heterocycles. The van der Waals surface area contributed by atoms with Gasteiger partial charge in [0.2, 0.25) is 0 Å². The fourth-order valence-corrected chi connectivity index (χ4v) is 1.45. The van der Waals surface area contributed by atoms with E-state index < -0.39 is 5.97 Å². The standard InChI is InChI=1S/C12H14N2O2/c1-8(3-4-13)9-5-10(12(15)16-2)7-11(14)6-9/h5-8H,3,14H2,1-2H3. The first-order chi connectivity index (χ1) is 7.58. The summed E-state index contributed by atoms with van der Waals surface area (Å²) in [4.78, 5) is 11.4. The molecule has 1 aromatic carbocycles. The molecule has 0 amide bonds. The second-order valence-electron chi connectivity index (χ2n) is 3.64. The van der Waals surface area contributed by atoms with Crippen LogP contribution in [0.25, 0.3) is 0 Å². The van der Waals surface area contributed by atoms with Gasteiger partial charge in [0.15, 0.2) is 0 Å². The van der Waals surface area contributed by atoms with Crippen molar-refractivity contribution in [3.63, 3.8) is 0 Å². The van der Waals surface area contributed by atoms with E-state index in [9.17, 15) is 4.79 Å². The van der Waals surface area contributed by atoms with Crippen LogP contribution in [0.1, 0.15) is 35.2 Å². The summed E-state index contributed by atoms with van der Waals surface area (Å²) >= 11 is 0. The zero-order chi connectivity index (χ0) is 12.1. The molecule has 0 aliphatic carbocycles. The number of hydrogen-bond donors (Lipinski definition) is 1. The maximum absolute atomic E-state index is 11.4. The van der Waals surface area contributed by atoms with Crippen molar-refractivity contribution in [3.8, 4) is 6.07 Å². The van der Waals surface area contributed by atoms with Gasteiger partial charge in [-0.3, -0.25) is 0 Å². The minimum absolute atomic E-state index is 0.0527. The maximum Gasteiger partial charge on any atom is 0.337 e. The molecule has 0 aromatic heterocycles. The van der Waals surface area contributed by atoms with Gasteiger partial charge in [-0.1, -0.05) is 6.92 Å². The fraction of sp³-hybridized carbons (Fsp3) is 0.333. The molecule has 4 heteroatoms. The molecule has 0 aliphatic rings. The Morgan fingerprint density at radius 3 is 2.81 bits per heavy atom. The molecule has 2 N–H and O–H groups in total. The highest BCUT2D eigenvalue weighted by molar-refractivity contribution is 5.90. The highest BCUT2D eigenvalue weighted by Crippen LogP contribution is 2.23. The number of nitrogens with zero attached hydrogens (tertiary/aromatic N) is 1. The van der Waals surface area contributed by atoms with E-state index in [0.29, 0.717) is 17.7 Å². The number of ether oxygens (including phenoxy) is 1. The van der Waals surface area contributed by atoms with E-state index in [0.717, 1.165) is 5.56 Å². The number of carbonyl (C=O) groups excluding carboxylic acids is 1. The first-order valence-electron chi connectivity index (χ1n) is 4.94. The topological polar surface area (TPSA) is 76.1 Å². The Morgan fingerprint density at radius 1 is 1.56 bits per heavy atom. The fourth-order valence-electron chi connectivity index (χ4n) is 1.45. The van der Waals surface area contributed by atoms with Crippen molar-refractivity contribution in [1.29, 1.82) is 5.26 Å². The third kappa shape index (κ3) is 2.74. The van der Waals surface area contributed by atoms with Crippen molar-refractivity contribution < 1.29 is 9.53 Å². The lowest BCUT2D eigenvalue weighted by atomic mass is 9.96. The van der Waals surface area contributed by atoms with Gasteiger partial charge in [-0.2, -0.15) is 5.26 Å². The predicted molar refractivity (Wildman–Crippen MR) is 60.8 cm³/mol. The summed E-state index contributed by atoms with van der Waals surface area (Å²) in [6.07, 6.45) is 0.393. The highest BCUT2D eigenvalue weighted by atomic mass is 16.5. The van der Waals surface area contributed by atoms with Crippen LogP contribution in [0.3, 0.4) is 0 Å². The molecule has 16 heavy (non-hydrogen) atoms. The average molecular weight is 218 g/mol. The summed E-state index contributed by atoms with van der Waals surface area (Å²) in [6, 6.07) is 7.14. The molecule has 0 radical (unpaired) electrons. The van der Waals surface area contributed by atoms with Crippen molar-refractivity contribution in [1.82, 2.24) is 0 Å². The van der Waals surface area contributed by atoms with Crippen LogP contribution in [0.15, 0.2) is 18.2 Å².